The van der Waals surface area contributed by atoms with Crippen LogP contribution in [0.2, 0.25) is 0 Å². The molecule has 1 aromatic rings. The lowest BCUT2D eigenvalue weighted by atomic mass is 9.77. The summed E-state index contributed by atoms with van der Waals surface area (Å²) in [4.78, 5) is 11.9. The van der Waals surface area contributed by atoms with Gasteiger partial charge in [0.15, 0.2) is 0 Å². The number of rotatable bonds is 5. The van der Waals surface area contributed by atoms with E-state index in [1.54, 1.807) is 12.1 Å². The van der Waals surface area contributed by atoms with Crippen LogP contribution in [0.1, 0.15) is 64.4 Å². The van der Waals surface area contributed by atoms with Gasteiger partial charge in [0.05, 0.1) is 0 Å². The van der Waals surface area contributed by atoms with Gasteiger partial charge in [0.1, 0.15) is 11.4 Å². The molecule has 158 valence electrons. The molecule has 0 atom stereocenters. The Morgan fingerprint density at radius 3 is 2.04 bits per heavy atom. The lowest BCUT2D eigenvalue weighted by molar-refractivity contribution is -0.156. The fourth-order valence-corrected chi connectivity index (χ4v) is 3.75. The minimum Gasteiger partial charge on any atom is -0.460 e. The topological polar surface area (TPSA) is 69.7 Å². The van der Waals surface area contributed by atoms with Crippen molar-refractivity contribution in [3.05, 3.63) is 29.8 Å². The SMILES string of the molecule is CC(C)(C)OC(=O)C[C@H]1CC[C@H](c2ccc(OS(=O)(=O)C(F)(F)F)cc2)CC1. The van der Waals surface area contributed by atoms with Crippen LogP contribution in [-0.4, -0.2) is 25.5 Å². The van der Waals surface area contributed by atoms with Crippen molar-refractivity contribution in [3.63, 3.8) is 0 Å². The second-order valence-corrected chi connectivity index (χ2v) is 9.60. The van der Waals surface area contributed by atoms with Gasteiger partial charge in [0.25, 0.3) is 0 Å². The predicted molar refractivity (Wildman–Crippen MR) is 97.2 cm³/mol. The summed E-state index contributed by atoms with van der Waals surface area (Å²) in [7, 11) is -5.66. The molecule has 1 aliphatic rings. The van der Waals surface area contributed by atoms with E-state index in [0.717, 1.165) is 31.2 Å². The van der Waals surface area contributed by atoms with E-state index in [-0.39, 0.29) is 23.6 Å². The molecule has 0 aliphatic heterocycles. The number of halogens is 3. The average Bonchev–Trinajstić information content (AvgIpc) is 2.53. The highest BCUT2D eigenvalue weighted by atomic mass is 32.2. The van der Waals surface area contributed by atoms with Gasteiger partial charge < -0.3 is 8.92 Å². The summed E-state index contributed by atoms with van der Waals surface area (Å²) >= 11 is 0. The maximum Gasteiger partial charge on any atom is 0.534 e. The van der Waals surface area contributed by atoms with E-state index in [1.165, 1.54) is 12.1 Å². The number of benzene rings is 1. The van der Waals surface area contributed by atoms with Crippen molar-refractivity contribution < 1.29 is 35.3 Å². The number of carbonyl (C=O) groups excluding carboxylic acids is 1. The highest BCUT2D eigenvalue weighted by Gasteiger charge is 2.48. The largest absolute Gasteiger partial charge is 0.534 e. The van der Waals surface area contributed by atoms with Crippen molar-refractivity contribution in [3.8, 4) is 5.75 Å². The van der Waals surface area contributed by atoms with E-state index in [9.17, 15) is 26.4 Å². The predicted octanol–water partition coefficient (Wildman–Crippen LogP) is 4.92. The first-order chi connectivity index (χ1) is 12.8. The van der Waals surface area contributed by atoms with E-state index >= 15 is 0 Å². The third kappa shape index (κ3) is 6.39. The fraction of sp³-hybridized carbons (Fsp3) is 0.632. The molecule has 1 aromatic carbocycles. The van der Waals surface area contributed by atoms with E-state index in [4.69, 9.17) is 4.74 Å². The molecule has 0 N–H and O–H groups in total. The van der Waals surface area contributed by atoms with E-state index in [2.05, 4.69) is 4.18 Å². The molecule has 0 aromatic heterocycles. The summed E-state index contributed by atoms with van der Waals surface area (Å²) in [6, 6.07) is 5.62. The first-order valence-corrected chi connectivity index (χ1v) is 10.5. The molecule has 2 rings (SSSR count). The van der Waals surface area contributed by atoms with Gasteiger partial charge in [-0.25, -0.2) is 0 Å². The first kappa shape index (κ1) is 22.5. The van der Waals surface area contributed by atoms with Crippen molar-refractivity contribution in [1.29, 1.82) is 0 Å². The molecule has 1 aliphatic carbocycles. The molecular weight excluding hydrogens is 397 g/mol. The summed E-state index contributed by atoms with van der Waals surface area (Å²) in [5.41, 5.74) is -5.05. The van der Waals surface area contributed by atoms with Crippen LogP contribution >= 0.6 is 0 Å². The van der Waals surface area contributed by atoms with Crippen molar-refractivity contribution in [2.75, 3.05) is 0 Å². The molecule has 9 heteroatoms. The molecule has 0 unspecified atom stereocenters. The zero-order valence-corrected chi connectivity index (χ0v) is 16.9. The van der Waals surface area contributed by atoms with Gasteiger partial charge in [-0.05, 0) is 76.0 Å². The highest BCUT2D eigenvalue weighted by molar-refractivity contribution is 7.88. The van der Waals surface area contributed by atoms with Crippen LogP contribution in [0.15, 0.2) is 24.3 Å². The van der Waals surface area contributed by atoms with Crippen LogP contribution in [-0.2, 0) is 19.6 Å². The van der Waals surface area contributed by atoms with Gasteiger partial charge in [0, 0.05) is 6.42 Å². The standard InChI is InChI=1S/C19H25F3O5S/c1-18(2,3)26-17(23)12-13-4-6-14(7-5-13)15-8-10-16(11-9-15)27-28(24,25)19(20,21)22/h8-11,13-14H,4-7,12H2,1-3H3/t13-,14-. The van der Waals surface area contributed by atoms with Gasteiger partial charge in [0.2, 0.25) is 0 Å². The van der Waals surface area contributed by atoms with Gasteiger partial charge in [-0.15, -0.1) is 0 Å². The Kier molecular flexibility index (Phi) is 6.68. The molecular formula is C19H25F3O5S. The molecule has 0 spiro atoms. The summed E-state index contributed by atoms with van der Waals surface area (Å²) < 4.78 is 68.6. The van der Waals surface area contributed by atoms with Crippen molar-refractivity contribution in [1.82, 2.24) is 0 Å². The quantitative estimate of drug-likeness (QED) is 0.383. The maximum absolute atomic E-state index is 12.4. The lowest BCUT2D eigenvalue weighted by Crippen LogP contribution is -2.28. The number of hydrogen-bond donors (Lipinski definition) is 0. The monoisotopic (exact) mass is 422 g/mol. The Morgan fingerprint density at radius 2 is 1.57 bits per heavy atom. The van der Waals surface area contributed by atoms with Crippen molar-refractivity contribution >= 4 is 16.1 Å². The van der Waals surface area contributed by atoms with Gasteiger partial charge in [-0.2, -0.15) is 21.6 Å². The fourth-order valence-electron chi connectivity index (χ4n) is 3.29. The smallest absolute Gasteiger partial charge is 0.460 e. The average molecular weight is 422 g/mol. The Bertz CT molecular complexity index is 771. The molecule has 1 fully saturated rings. The van der Waals surface area contributed by atoms with E-state index in [1.807, 2.05) is 20.8 Å². The maximum atomic E-state index is 12.4. The molecule has 1 saturated carbocycles. The number of alkyl halides is 3. The Hall–Kier alpha value is -1.77. The van der Waals surface area contributed by atoms with Gasteiger partial charge >= 0.3 is 21.6 Å². The number of carbonyl (C=O) groups is 1. The Morgan fingerprint density at radius 1 is 1.04 bits per heavy atom. The second-order valence-electron chi connectivity index (χ2n) is 8.06. The Balaban J connectivity index is 1.89. The van der Waals surface area contributed by atoms with Crippen LogP contribution in [0.4, 0.5) is 13.2 Å². The van der Waals surface area contributed by atoms with Crippen LogP contribution < -0.4 is 4.18 Å². The van der Waals surface area contributed by atoms with Crippen LogP contribution in [0.3, 0.4) is 0 Å². The summed E-state index contributed by atoms with van der Waals surface area (Å²) in [5.74, 6) is -0.114. The van der Waals surface area contributed by atoms with Crippen molar-refractivity contribution in [2.24, 2.45) is 5.92 Å². The second kappa shape index (κ2) is 8.31. The molecule has 5 nitrogen and oxygen atoms in total. The highest BCUT2D eigenvalue weighted by Crippen LogP contribution is 2.38. The van der Waals surface area contributed by atoms with Crippen LogP contribution in [0.5, 0.6) is 5.75 Å². The lowest BCUT2D eigenvalue weighted by Gasteiger charge is -2.29. The molecule has 0 heterocycles. The van der Waals surface area contributed by atoms with Gasteiger partial charge in [-0.1, -0.05) is 12.1 Å². The molecule has 0 bridgehead atoms. The third-order valence-corrected chi connectivity index (χ3v) is 5.54. The minimum atomic E-state index is -5.66. The summed E-state index contributed by atoms with van der Waals surface area (Å²) in [5, 5.41) is 0. The first-order valence-electron chi connectivity index (χ1n) is 9.09. The number of esters is 1. The molecule has 28 heavy (non-hydrogen) atoms. The zero-order valence-electron chi connectivity index (χ0n) is 16.1. The third-order valence-electron chi connectivity index (χ3n) is 4.56. The minimum absolute atomic E-state index is 0.205. The zero-order chi connectivity index (χ0) is 21.2. The molecule has 0 saturated heterocycles. The number of hydrogen-bond acceptors (Lipinski definition) is 5. The molecule has 0 amide bonds. The summed E-state index contributed by atoms with van der Waals surface area (Å²) in [6.45, 7) is 5.49. The Labute approximate surface area is 163 Å². The van der Waals surface area contributed by atoms with E-state index in [0.29, 0.717) is 6.42 Å². The van der Waals surface area contributed by atoms with Crippen LogP contribution in [0, 0.1) is 5.92 Å². The summed E-state index contributed by atoms with van der Waals surface area (Å²) in [6.07, 6.45) is 3.77. The van der Waals surface area contributed by atoms with E-state index < -0.39 is 21.2 Å². The normalized spacial score (nSPS) is 21.2. The van der Waals surface area contributed by atoms with Gasteiger partial charge in [-0.3, -0.25) is 4.79 Å². The van der Waals surface area contributed by atoms with Crippen LogP contribution in [0.25, 0.3) is 0 Å². The van der Waals surface area contributed by atoms with Crippen molar-refractivity contribution in [2.45, 2.75) is 69.9 Å². The molecule has 0 radical (unpaired) electrons. The number of ether oxygens (including phenoxy) is 1.